The van der Waals surface area contributed by atoms with Crippen LogP contribution in [0.15, 0.2) is 6.07 Å². The van der Waals surface area contributed by atoms with E-state index in [1.54, 1.807) is 4.90 Å². The van der Waals surface area contributed by atoms with Crippen molar-refractivity contribution in [1.82, 2.24) is 9.97 Å². The Morgan fingerprint density at radius 2 is 2.00 bits per heavy atom. The van der Waals surface area contributed by atoms with E-state index in [1.165, 1.54) is 0 Å². The van der Waals surface area contributed by atoms with E-state index in [0.717, 1.165) is 18.9 Å². The van der Waals surface area contributed by atoms with Gasteiger partial charge in [0.15, 0.2) is 0 Å². The van der Waals surface area contributed by atoms with Crippen LogP contribution < -0.4 is 4.90 Å². The molecule has 120 valence electrons. The maximum Gasteiger partial charge on any atom is 0.433 e. The van der Waals surface area contributed by atoms with Gasteiger partial charge in [0.05, 0.1) is 5.92 Å². The summed E-state index contributed by atoms with van der Waals surface area (Å²) >= 11 is 0. The van der Waals surface area contributed by atoms with E-state index in [0.29, 0.717) is 19.4 Å². The van der Waals surface area contributed by atoms with Crippen molar-refractivity contribution < 1.29 is 23.1 Å². The molecule has 0 bridgehead atoms. The third-order valence-corrected chi connectivity index (χ3v) is 4.06. The fourth-order valence-electron chi connectivity index (χ4n) is 2.67. The monoisotopic (exact) mass is 315 g/mol. The van der Waals surface area contributed by atoms with E-state index in [2.05, 4.69) is 9.97 Å². The Kier molecular flexibility index (Phi) is 3.70. The molecule has 5 nitrogen and oxygen atoms in total. The van der Waals surface area contributed by atoms with E-state index in [-0.39, 0.29) is 24.1 Å². The Hall–Kier alpha value is -1.86. The number of hydrogen-bond acceptors (Lipinski definition) is 4. The van der Waals surface area contributed by atoms with E-state index in [4.69, 9.17) is 5.11 Å². The van der Waals surface area contributed by atoms with Gasteiger partial charge < -0.3 is 10.0 Å². The quantitative estimate of drug-likeness (QED) is 0.929. The molecule has 3 rings (SSSR count). The number of aromatic nitrogens is 2. The number of piperidine rings is 1. The van der Waals surface area contributed by atoms with Crippen molar-refractivity contribution in [3.63, 3.8) is 0 Å². The van der Waals surface area contributed by atoms with Gasteiger partial charge in [-0.15, -0.1) is 0 Å². The molecule has 1 aliphatic heterocycles. The van der Waals surface area contributed by atoms with Gasteiger partial charge in [-0.1, -0.05) is 0 Å². The molecule has 22 heavy (non-hydrogen) atoms. The number of hydrogen-bond donors (Lipinski definition) is 1. The summed E-state index contributed by atoms with van der Waals surface area (Å²) in [6.07, 6.45) is -1.75. The zero-order valence-corrected chi connectivity index (χ0v) is 11.8. The number of alkyl halides is 3. The van der Waals surface area contributed by atoms with Gasteiger partial charge in [0.2, 0.25) is 0 Å². The molecule has 1 aromatic heterocycles. The normalized spacial score (nSPS) is 22.7. The molecule has 1 aromatic rings. The smallest absolute Gasteiger partial charge is 0.433 e. The molecule has 8 heteroatoms. The molecule has 0 aromatic carbocycles. The third-order valence-electron chi connectivity index (χ3n) is 4.06. The van der Waals surface area contributed by atoms with E-state index < -0.39 is 23.8 Å². The van der Waals surface area contributed by atoms with Crippen LogP contribution in [0.25, 0.3) is 0 Å². The number of anilines is 1. The SMILES string of the molecule is O=C(O)[C@H]1CCCN(c2cc(C(F)(F)F)nc(C3CC3)n2)C1. The Morgan fingerprint density at radius 3 is 2.59 bits per heavy atom. The topological polar surface area (TPSA) is 66.3 Å². The molecule has 1 atom stereocenters. The first kappa shape index (κ1) is 15.1. The third kappa shape index (κ3) is 3.15. The maximum absolute atomic E-state index is 13.0. The lowest BCUT2D eigenvalue weighted by Gasteiger charge is -2.32. The summed E-state index contributed by atoms with van der Waals surface area (Å²) < 4.78 is 39.0. The number of halogens is 3. The fraction of sp³-hybridized carbons (Fsp3) is 0.643. The van der Waals surface area contributed by atoms with Crippen molar-refractivity contribution >= 4 is 11.8 Å². The minimum Gasteiger partial charge on any atom is -0.481 e. The zero-order chi connectivity index (χ0) is 15.9. The summed E-state index contributed by atoms with van der Waals surface area (Å²) in [5.74, 6) is -1.07. The van der Waals surface area contributed by atoms with Crippen molar-refractivity contribution in [1.29, 1.82) is 0 Å². The number of carbonyl (C=O) groups is 1. The van der Waals surface area contributed by atoms with Crippen LogP contribution in [0.3, 0.4) is 0 Å². The second-order valence-corrected chi connectivity index (χ2v) is 5.87. The maximum atomic E-state index is 13.0. The van der Waals surface area contributed by atoms with Gasteiger partial charge in [-0.2, -0.15) is 13.2 Å². The summed E-state index contributed by atoms with van der Waals surface area (Å²) in [5, 5.41) is 9.10. The molecule has 0 spiro atoms. The van der Waals surface area contributed by atoms with Crippen molar-refractivity contribution in [3.05, 3.63) is 17.6 Å². The highest BCUT2D eigenvalue weighted by Crippen LogP contribution is 2.40. The van der Waals surface area contributed by atoms with Crippen LogP contribution in [0.4, 0.5) is 19.0 Å². The highest BCUT2D eigenvalue weighted by molar-refractivity contribution is 5.71. The molecule has 1 saturated heterocycles. The van der Waals surface area contributed by atoms with E-state index in [9.17, 15) is 18.0 Å². The van der Waals surface area contributed by atoms with Crippen LogP contribution in [0, 0.1) is 5.92 Å². The van der Waals surface area contributed by atoms with Crippen LogP contribution in [0.2, 0.25) is 0 Å². The van der Waals surface area contributed by atoms with Gasteiger partial charge in [-0.05, 0) is 25.7 Å². The van der Waals surface area contributed by atoms with Crippen LogP contribution in [-0.2, 0) is 11.0 Å². The molecule has 2 fully saturated rings. The van der Waals surface area contributed by atoms with Gasteiger partial charge in [-0.3, -0.25) is 4.79 Å². The molecule has 0 radical (unpaired) electrons. The van der Waals surface area contributed by atoms with E-state index >= 15 is 0 Å². The molecule has 1 aliphatic carbocycles. The molecule has 0 amide bonds. The minimum absolute atomic E-state index is 0.00103. The first-order chi connectivity index (χ1) is 10.3. The molecule has 2 heterocycles. The van der Waals surface area contributed by atoms with Crippen LogP contribution in [0.1, 0.15) is 43.1 Å². The first-order valence-electron chi connectivity index (χ1n) is 7.28. The zero-order valence-electron chi connectivity index (χ0n) is 11.8. The molecular weight excluding hydrogens is 299 g/mol. The van der Waals surface area contributed by atoms with Crippen molar-refractivity contribution in [3.8, 4) is 0 Å². The Labute approximate surface area is 125 Å². The lowest BCUT2D eigenvalue weighted by molar-refractivity contribution is -0.142. The van der Waals surface area contributed by atoms with Gasteiger partial charge in [0, 0.05) is 25.1 Å². The fourth-order valence-corrected chi connectivity index (χ4v) is 2.67. The second-order valence-electron chi connectivity index (χ2n) is 5.87. The average molecular weight is 315 g/mol. The molecule has 1 saturated carbocycles. The van der Waals surface area contributed by atoms with Gasteiger partial charge in [0.25, 0.3) is 0 Å². The number of rotatable bonds is 3. The van der Waals surface area contributed by atoms with Crippen LogP contribution in [0.5, 0.6) is 0 Å². The number of aliphatic carboxylic acids is 1. The number of carboxylic acid groups (broad SMARTS) is 1. The van der Waals surface area contributed by atoms with Crippen molar-refractivity contribution in [2.45, 2.75) is 37.8 Å². The van der Waals surface area contributed by atoms with Crippen LogP contribution in [-0.4, -0.2) is 34.1 Å². The molecule has 1 N–H and O–H groups in total. The Morgan fingerprint density at radius 1 is 1.27 bits per heavy atom. The summed E-state index contributed by atoms with van der Waals surface area (Å²) in [6, 6.07) is 0.927. The molecule has 2 aliphatic rings. The molecular formula is C14H16F3N3O2. The Balaban J connectivity index is 1.91. The van der Waals surface area contributed by atoms with Crippen molar-refractivity contribution in [2.24, 2.45) is 5.92 Å². The largest absolute Gasteiger partial charge is 0.481 e. The second kappa shape index (κ2) is 5.40. The highest BCUT2D eigenvalue weighted by Gasteiger charge is 2.37. The minimum atomic E-state index is -4.52. The summed E-state index contributed by atoms with van der Waals surface area (Å²) in [6.45, 7) is 0.704. The lowest BCUT2D eigenvalue weighted by Crippen LogP contribution is -2.39. The predicted octanol–water partition coefficient (Wildman–Crippen LogP) is 2.67. The van der Waals surface area contributed by atoms with E-state index in [1.807, 2.05) is 0 Å². The Bertz CT molecular complexity index is 587. The summed E-state index contributed by atoms with van der Waals surface area (Å²) in [7, 11) is 0. The van der Waals surface area contributed by atoms with Gasteiger partial charge >= 0.3 is 12.1 Å². The highest BCUT2D eigenvalue weighted by atomic mass is 19.4. The average Bonchev–Trinajstić information content (AvgIpc) is 3.30. The first-order valence-corrected chi connectivity index (χ1v) is 7.28. The molecule has 0 unspecified atom stereocenters. The number of carboxylic acids is 1. The standard InChI is InChI=1S/C14H16F3N3O2/c15-14(16,17)10-6-11(19-12(18-10)8-3-4-8)20-5-1-2-9(7-20)13(21)22/h6,8-9H,1-5,7H2,(H,21,22)/t9-/m0/s1. The lowest BCUT2D eigenvalue weighted by atomic mass is 9.98. The summed E-state index contributed by atoms with van der Waals surface area (Å²) in [5.41, 5.74) is -0.947. The van der Waals surface area contributed by atoms with Crippen LogP contribution >= 0.6 is 0 Å². The number of nitrogens with zero attached hydrogens (tertiary/aromatic N) is 3. The summed E-state index contributed by atoms with van der Waals surface area (Å²) in [4.78, 5) is 20.6. The predicted molar refractivity (Wildman–Crippen MR) is 71.6 cm³/mol. The van der Waals surface area contributed by atoms with Gasteiger partial charge in [-0.25, -0.2) is 9.97 Å². The van der Waals surface area contributed by atoms with Crippen molar-refractivity contribution in [2.75, 3.05) is 18.0 Å². The van der Waals surface area contributed by atoms with Gasteiger partial charge in [0.1, 0.15) is 17.3 Å².